The molecule has 4 N–H and O–H groups in total. The zero-order chi connectivity index (χ0) is 18.8. The van der Waals surface area contributed by atoms with E-state index in [2.05, 4.69) is 20.6 Å². The Morgan fingerprint density at radius 1 is 1.12 bits per heavy atom. The highest BCUT2D eigenvalue weighted by Crippen LogP contribution is 2.04. The molecule has 9 heteroatoms. The number of carbonyl (C=O) groups is 2. The second-order valence-electron chi connectivity index (χ2n) is 5.47. The maximum atomic E-state index is 11.9. The highest BCUT2D eigenvalue weighted by molar-refractivity contribution is 6.43. The maximum absolute atomic E-state index is 11.9. The first kappa shape index (κ1) is 19.3. The summed E-state index contributed by atoms with van der Waals surface area (Å²) in [6.45, 7) is 0.185. The van der Waals surface area contributed by atoms with E-state index in [0.29, 0.717) is 5.69 Å². The van der Waals surface area contributed by atoms with Crippen molar-refractivity contribution in [2.45, 2.75) is 18.9 Å². The molecule has 134 valence electrons. The average Bonchev–Trinajstić information content (AvgIpc) is 2.66. The Labute approximate surface area is 151 Å². The fourth-order valence-electron chi connectivity index (χ4n) is 2.14. The average molecular weight is 354 g/mol. The van der Waals surface area contributed by atoms with Crippen LogP contribution in [0.4, 0.5) is 0 Å². The third kappa shape index (κ3) is 6.84. The fourth-order valence-corrected chi connectivity index (χ4v) is 2.14. The number of nitrogens with zero attached hydrogens (tertiary/aromatic N) is 2. The monoisotopic (exact) mass is 354 g/mol. The summed E-state index contributed by atoms with van der Waals surface area (Å²) in [6, 6.07) is 9.11. The van der Waals surface area contributed by atoms with Gasteiger partial charge in [-0.15, -0.1) is 0 Å². The molecular weight excluding hydrogens is 335 g/mol. The van der Waals surface area contributed by atoms with Crippen LogP contribution in [0.1, 0.15) is 11.3 Å². The van der Waals surface area contributed by atoms with Gasteiger partial charge in [0.05, 0.1) is 24.4 Å². The van der Waals surface area contributed by atoms with E-state index in [1.165, 1.54) is 18.6 Å². The molecule has 0 aliphatic carbocycles. The van der Waals surface area contributed by atoms with Crippen LogP contribution in [0.15, 0.2) is 61.1 Å². The Morgan fingerprint density at radius 2 is 1.85 bits per heavy atom. The molecule has 0 fully saturated rings. The van der Waals surface area contributed by atoms with Gasteiger partial charge in [0.15, 0.2) is 0 Å². The van der Waals surface area contributed by atoms with Gasteiger partial charge >= 0.3 is 7.12 Å². The van der Waals surface area contributed by atoms with Gasteiger partial charge in [-0.05, 0) is 12.0 Å². The Hall–Kier alpha value is -3.04. The van der Waals surface area contributed by atoms with Crippen molar-refractivity contribution < 1.29 is 19.6 Å². The molecule has 2 amide bonds. The van der Waals surface area contributed by atoms with Gasteiger partial charge in [0.25, 0.3) is 0 Å². The third-order valence-corrected chi connectivity index (χ3v) is 3.43. The molecule has 0 unspecified atom stereocenters. The molecule has 0 saturated carbocycles. The van der Waals surface area contributed by atoms with Crippen molar-refractivity contribution in [1.29, 1.82) is 0 Å². The highest BCUT2D eigenvalue weighted by atomic mass is 16.4. The predicted octanol–water partition coefficient (Wildman–Crippen LogP) is -0.612. The van der Waals surface area contributed by atoms with Crippen molar-refractivity contribution >= 4 is 18.9 Å². The summed E-state index contributed by atoms with van der Waals surface area (Å²) in [5, 5.41) is 23.9. The van der Waals surface area contributed by atoms with Crippen molar-refractivity contribution in [2.75, 3.05) is 0 Å². The number of hydrogen-bond donors (Lipinski definition) is 4. The SMILES string of the molecule is O=C(/C=C/C(=O)N[C@@H](Cc1ccccc1)B(O)O)NCc1cnccn1. The molecule has 26 heavy (non-hydrogen) atoms. The van der Waals surface area contributed by atoms with Crippen LogP contribution in [-0.2, 0) is 22.6 Å². The highest BCUT2D eigenvalue weighted by Gasteiger charge is 2.24. The normalized spacial score (nSPS) is 11.8. The van der Waals surface area contributed by atoms with Crippen LogP contribution in [0.2, 0.25) is 0 Å². The molecule has 1 aromatic heterocycles. The third-order valence-electron chi connectivity index (χ3n) is 3.43. The standard InChI is InChI=1S/C17H19BN4O4/c23-16(21-12-14-11-19-8-9-20-14)6-7-17(24)22-15(18(25)26)10-13-4-2-1-3-5-13/h1-9,11,15,25-26H,10,12H2,(H,21,23)(H,22,24)/b7-6+/t15-/m0/s1. The van der Waals surface area contributed by atoms with Gasteiger partial charge in [0, 0.05) is 24.5 Å². The summed E-state index contributed by atoms with van der Waals surface area (Å²) in [5.41, 5.74) is 1.43. The molecule has 0 saturated heterocycles. The Bertz CT molecular complexity index is 741. The Morgan fingerprint density at radius 3 is 2.50 bits per heavy atom. The molecule has 8 nitrogen and oxygen atoms in total. The number of rotatable bonds is 8. The predicted molar refractivity (Wildman–Crippen MR) is 95.3 cm³/mol. The second kappa shape index (κ2) is 10.1. The summed E-state index contributed by atoms with van der Waals surface area (Å²) in [7, 11) is -1.72. The lowest BCUT2D eigenvalue weighted by molar-refractivity contribution is -0.119. The maximum Gasteiger partial charge on any atom is 0.475 e. The smallest absolute Gasteiger partial charge is 0.426 e. The zero-order valence-electron chi connectivity index (χ0n) is 13.9. The lowest BCUT2D eigenvalue weighted by Crippen LogP contribution is -2.47. The fraction of sp³-hybridized carbons (Fsp3) is 0.176. The van der Waals surface area contributed by atoms with Gasteiger partial charge in [0.1, 0.15) is 0 Å². The zero-order valence-corrected chi connectivity index (χ0v) is 13.9. The van der Waals surface area contributed by atoms with Crippen LogP contribution < -0.4 is 10.6 Å². The number of amides is 2. The van der Waals surface area contributed by atoms with Gasteiger partial charge in [-0.3, -0.25) is 19.6 Å². The van der Waals surface area contributed by atoms with Crippen molar-refractivity contribution in [3.05, 3.63) is 72.3 Å². The van der Waals surface area contributed by atoms with Crippen LogP contribution >= 0.6 is 0 Å². The number of carbonyl (C=O) groups excluding carboxylic acids is 2. The summed E-state index contributed by atoms with van der Waals surface area (Å²) in [4.78, 5) is 31.5. The minimum Gasteiger partial charge on any atom is -0.426 e. The molecule has 0 radical (unpaired) electrons. The molecule has 1 atom stereocenters. The van der Waals surface area contributed by atoms with Crippen LogP contribution in [0.3, 0.4) is 0 Å². The van der Waals surface area contributed by atoms with Crippen LogP contribution in [0, 0.1) is 0 Å². The summed E-state index contributed by atoms with van der Waals surface area (Å²) in [6.07, 6.45) is 6.90. The largest absolute Gasteiger partial charge is 0.475 e. The van der Waals surface area contributed by atoms with Crippen molar-refractivity contribution in [1.82, 2.24) is 20.6 Å². The molecular formula is C17H19BN4O4. The van der Waals surface area contributed by atoms with Gasteiger partial charge in [-0.1, -0.05) is 30.3 Å². The molecule has 1 heterocycles. The summed E-state index contributed by atoms with van der Waals surface area (Å²) < 4.78 is 0. The first-order valence-electron chi connectivity index (χ1n) is 7.96. The van der Waals surface area contributed by atoms with Crippen molar-refractivity contribution in [2.24, 2.45) is 0 Å². The quantitative estimate of drug-likeness (QED) is 0.370. The number of aromatic nitrogens is 2. The van der Waals surface area contributed by atoms with E-state index < -0.39 is 24.9 Å². The number of benzene rings is 1. The lowest BCUT2D eigenvalue weighted by atomic mass is 9.76. The minimum absolute atomic E-state index is 0.185. The van der Waals surface area contributed by atoms with Crippen LogP contribution in [0.5, 0.6) is 0 Å². The second-order valence-corrected chi connectivity index (χ2v) is 5.47. The Balaban J connectivity index is 1.82. The first-order valence-corrected chi connectivity index (χ1v) is 7.96. The summed E-state index contributed by atoms with van der Waals surface area (Å²) in [5.74, 6) is -1.97. The summed E-state index contributed by atoms with van der Waals surface area (Å²) >= 11 is 0. The van der Waals surface area contributed by atoms with Crippen molar-refractivity contribution in [3.63, 3.8) is 0 Å². The van der Waals surface area contributed by atoms with E-state index in [-0.39, 0.29) is 13.0 Å². The molecule has 0 aliphatic rings. The number of hydrogen-bond acceptors (Lipinski definition) is 6. The van der Waals surface area contributed by atoms with E-state index >= 15 is 0 Å². The molecule has 0 aliphatic heterocycles. The van der Waals surface area contributed by atoms with Gasteiger partial charge < -0.3 is 20.7 Å². The number of nitrogens with one attached hydrogen (secondary N) is 2. The van der Waals surface area contributed by atoms with E-state index in [0.717, 1.165) is 17.7 Å². The lowest BCUT2D eigenvalue weighted by Gasteiger charge is -2.16. The van der Waals surface area contributed by atoms with Crippen molar-refractivity contribution in [3.8, 4) is 0 Å². The first-order chi connectivity index (χ1) is 12.5. The van der Waals surface area contributed by atoms with Gasteiger partial charge in [-0.2, -0.15) is 0 Å². The van der Waals surface area contributed by atoms with Gasteiger partial charge in [0.2, 0.25) is 11.8 Å². The van der Waals surface area contributed by atoms with Crippen LogP contribution in [-0.4, -0.2) is 44.9 Å². The van der Waals surface area contributed by atoms with E-state index in [9.17, 15) is 19.6 Å². The molecule has 2 aromatic rings. The van der Waals surface area contributed by atoms with Crippen LogP contribution in [0.25, 0.3) is 0 Å². The molecule has 2 rings (SSSR count). The topological polar surface area (TPSA) is 124 Å². The molecule has 0 spiro atoms. The van der Waals surface area contributed by atoms with E-state index in [1.54, 1.807) is 0 Å². The molecule has 0 bridgehead atoms. The van der Waals surface area contributed by atoms with E-state index in [1.807, 2.05) is 30.3 Å². The Kier molecular flexibility index (Phi) is 7.47. The minimum atomic E-state index is -1.72. The molecule has 1 aromatic carbocycles. The van der Waals surface area contributed by atoms with Gasteiger partial charge in [-0.25, -0.2) is 0 Å². The van der Waals surface area contributed by atoms with E-state index in [4.69, 9.17) is 0 Å².